The molecular formula is C17H20ClFN2. The maximum atomic E-state index is 14.5. The second kappa shape index (κ2) is 7.01. The highest BCUT2D eigenvalue weighted by Gasteiger charge is 2.23. The Hall–Kier alpha value is -1.45. The van der Waals surface area contributed by atoms with Crippen LogP contribution < -0.4 is 5.32 Å². The number of nitrogens with one attached hydrogen (secondary N) is 1. The van der Waals surface area contributed by atoms with E-state index in [-0.39, 0.29) is 11.9 Å². The Labute approximate surface area is 130 Å². The van der Waals surface area contributed by atoms with Crippen LogP contribution in [0.3, 0.4) is 0 Å². The zero-order valence-electron chi connectivity index (χ0n) is 12.6. The fourth-order valence-electron chi connectivity index (χ4n) is 2.53. The van der Waals surface area contributed by atoms with E-state index in [0.29, 0.717) is 16.3 Å². The van der Waals surface area contributed by atoms with Crippen molar-refractivity contribution in [3.05, 3.63) is 63.7 Å². The first-order chi connectivity index (χ1) is 10.0. The molecule has 1 aromatic carbocycles. The fourth-order valence-corrected chi connectivity index (χ4v) is 2.76. The fraction of sp³-hybridized carbons (Fsp3) is 0.353. The Balaban J connectivity index is 2.54. The number of aryl methyl sites for hydroxylation is 2. The van der Waals surface area contributed by atoms with Crippen molar-refractivity contribution in [3.63, 3.8) is 0 Å². The molecule has 2 aromatic rings. The number of aromatic nitrogens is 1. The molecular weight excluding hydrogens is 287 g/mol. The number of hydrogen-bond acceptors (Lipinski definition) is 2. The van der Waals surface area contributed by atoms with E-state index in [4.69, 9.17) is 11.6 Å². The van der Waals surface area contributed by atoms with Crippen molar-refractivity contribution >= 4 is 11.6 Å². The van der Waals surface area contributed by atoms with Crippen molar-refractivity contribution in [1.29, 1.82) is 0 Å². The molecule has 1 heterocycles. The summed E-state index contributed by atoms with van der Waals surface area (Å²) in [7, 11) is 0. The van der Waals surface area contributed by atoms with Crippen LogP contribution >= 0.6 is 11.6 Å². The van der Waals surface area contributed by atoms with Crippen molar-refractivity contribution in [1.82, 2.24) is 10.3 Å². The van der Waals surface area contributed by atoms with Gasteiger partial charge in [-0.15, -0.1) is 0 Å². The number of benzene rings is 1. The largest absolute Gasteiger partial charge is 0.305 e. The van der Waals surface area contributed by atoms with Crippen LogP contribution in [0.25, 0.3) is 0 Å². The molecule has 2 rings (SSSR count). The zero-order valence-corrected chi connectivity index (χ0v) is 13.3. The quantitative estimate of drug-likeness (QED) is 0.874. The van der Waals surface area contributed by atoms with E-state index in [1.807, 2.05) is 19.9 Å². The molecule has 0 bridgehead atoms. The summed E-state index contributed by atoms with van der Waals surface area (Å²) in [4.78, 5) is 4.35. The molecule has 1 atom stereocenters. The third-order valence-electron chi connectivity index (χ3n) is 3.43. The summed E-state index contributed by atoms with van der Waals surface area (Å²) in [6, 6.07) is 6.77. The molecule has 0 fully saturated rings. The average molecular weight is 307 g/mol. The minimum Gasteiger partial charge on any atom is -0.305 e. The van der Waals surface area contributed by atoms with Crippen LogP contribution in [0, 0.1) is 19.7 Å². The van der Waals surface area contributed by atoms with Crippen LogP contribution in [0.4, 0.5) is 4.39 Å². The maximum Gasteiger partial charge on any atom is 0.128 e. The van der Waals surface area contributed by atoms with Gasteiger partial charge < -0.3 is 5.32 Å². The Bertz CT molecular complexity index is 605. The topological polar surface area (TPSA) is 24.9 Å². The van der Waals surface area contributed by atoms with E-state index >= 15 is 0 Å². The van der Waals surface area contributed by atoms with Gasteiger partial charge in [0, 0.05) is 11.8 Å². The van der Waals surface area contributed by atoms with Gasteiger partial charge in [0.25, 0.3) is 0 Å². The van der Waals surface area contributed by atoms with Gasteiger partial charge in [-0.3, -0.25) is 4.98 Å². The molecule has 0 radical (unpaired) electrons. The van der Waals surface area contributed by atoms with Crippen LogP contribution in [-0.2, 0) is 0 Å². The highest BCUT2D eigenvalue weighted by atomic mass is 35.5. The highest BCUT2D eigenvalue weighted by Crippen LogP contribution is 2.30. The lowest BCUT2D eigenvalue weighted by molar-refractivity contribution is 0.536. The maximum absolute atomic E-state index is 14.5. The normalized spacial score (nSPS) is 12.4. The number of pyridine rings is 1. The van der Waals surface area contributed by atoms with Crippen LogP contribution in [0.5, 0.6) is 0 Å². The molecule has 0 spiro atoms. The van der Waals surface area contributed by atoms with E-state index in [2.05, 4.69) is 17.2 Å². The summed E-state index contributed by atoms with van der Waals surface area (Å²) in [6.45, 7) is 6.65. The Morgan fingerprint density at radius 3 is 2.71 bits per heavy atom. The van der Waals surface area contributed by atoms with Crippen LogP contribution in [-0.4, -0.2) is 11.5 Å². The smallest absolute Gasteiger partial charge is 0.128 e. The van der Waals surface area contributed by atoms with Gasteiger partial charge in [-0.2, -0.15) is 0 Å². The number of rotatable bonds is 5. The molecule has 1 unspecified atom stereocenters. The second-order valence-corrected chi connectivity index (χ2v) is 5.64. The van der Waals surface area contributed by atoms with E-state index in [0.717, 1.165) is 24.1 Å². The van der Waals surface area contributed by atoms with Gasteiger partial charge >= 0.3 is 0 Å². The molecule has 21 heavy (non-hydrogen) atoms. The summed E-state index contributed by atoms with van der Waals surface area (Å²) >= 11 is 6.26. The molecule has 0 amide bonds. The number of nitrogens with zero attached hydrogens (tertiary/aromatic N) is 1. The van der Waals surface area contributed by atoms with Crippen molar-refractivity contribution < 1.29 is 4.39 Å². The Kier molecular flexibility index (Phi) is 5.32. The van der Waals surface area contributed by atoms with Gasteiger partial charge in [0.2, 0.25) is 0 Å². The van der Waals surface area contributed by atoms with Crippen LogP contribution in [0.15, 0.2) is 30.5 Å². The third-order valence-corrected chi connectivity index (χ3v) is 3.75. The minimum absolute atomic E-state index is 0.220. The summed E-state index contributed by atoms with van der Waals surface area (Å²) in [6.07, 6.45) is 2.64. The summed E-state index contributed by atoms with van der Waals surface area (Å²) in [5.74, 6) is -0.220. The van der Waals surface area contributed by atoms with Gasteiger partial charge in [-0.25, -0.2) is 4.39 Å². The summed E-state index contributed by atoms with van der Waals surface area (Å²) in [5, 5.41) is 3.90. The van der Waals surface area contributed by atoms with Gasteiger partial charge in [-0.05, 0) is 56.1 Å². The first kappa shape index (κ1) is 15.9. The molecule has 1 N–H and O–H groups in total. The first-order valence-corrected chi connectivity index (χ1v) is 7.52. The Morgan fingerprint density at radius 2 is 2.10 bits per heavy atom. The SMILES string of the molecule is CCCNC(c1ncccc1Cl)c1c(C)cc(C)cc1F. The van der Waals surface area contributed by atoms with E-state index in [9.17, 15) is 4.39 Å². The van der Waals surface area contributed by atoms with Gasteiger partial charge in [0.1, 0.15) is 5.82 Å². The lowest BCUT2D eigenvalue weighted by Crippen LogP contribution is -2.26. The van der Waals surface area contributed by atoms with Gasteiger partial charge in [-0.1, -0.05) is 24.6 Å². The predicted octanol–water partition coefficient (Wildman–Crippen LogP) is 4.58. The standard InChI is InChI=1S/C17H20ClFN2/c1-4-7-20-17(16-13(18)6-5-8-21-16)15-12(3)9-11(2)10-14(15)19/h5-6,8-10,17,20H,4,7H2,1-3H3. The van der Waals surface area contributed by atoms with E-state index in [1.54, 1.807) is 24.4 Å². The Morgan fingerprint density at radius 1 is 1.33 bits per heavy atom. The molecule has 2 nitrogen and oxygen atoms in total. The van der Waals surface area contributed by atoms with Crippen molar-refractivity contribution in [2.24, 2.45) is 0 Å². The molecule has 0 saturated heterocycles. The molecule has 0 aliphatic rings. The van der Waals surface area contributed by atoms with Crippen molar-refractivity contribution in [2.75, 3.05) is 6.54 Å². The van der Waals surface area contributed by atoms with Crippen molar-refractivity contribution in [3.8, 4) is 0 Å². The summed E-state index contributed by atoms with van der Waals surface area (Å²) in [5.41, 5.74) is 3.10. The molecule has 4 heteroatoms. The van der Waals surface area contributed by atoms with Crippen LogP contribution in [0.2, 0.25) is 5.02 Å². The highest BCUT2D eigenvalue weighted by molar-refractivity contribution is 6.31. The number of hydrogen-bond donors (Lipinski definition) is 1. The predicted molar refractivity (Wildman–Crippen MR) is 85.3 cm³/mol. The van der Waals surface area contributed by atoms with Crippen LogP contribution in [0.1, 0.15) is 41.8 Å². The minimum atomic E-state index is -0.334. The molecule has 1 aromatic heterocycles. The molecule has 0 aliphatic carbocycles. The second-order valence-electron chi connectivity index (χ2n) is 5.23. The lowest BCUT2D eigenvalue weighted by Gasteiger charge is -2.22. The number of halogens is 2. The third kappa shape index (κ3) is 3.60. The van der Waals surface area contributed by atoms with E-state index in [1.165, 1.54) is 0 Å². The monoisotopic (exact) mass is 306 g/mol. The summed E-state index contributed by atoms with van der Waals surface area (Å²) < 4.78 is 14.5. The molecule has 0 aliphatic heterocycles. The van der Waals surface area contributed by atoms with E-state index < -0.39 is 0 Å². The zero-order chi connectivity index (χ0) is 15.4. The van der Waals surface area contributed by atoms with Crippen molar-refractivity contribution in [2.45, 2.75) is 33.2 Å². The average Bonchev–Trinajstić information content (AvgIpc) is 2.42. The lowest BCUT2D eigenvalue weighted by atomic mass is 9.95. The molecule has 0 saturated carbocycles. The first-order valence-electron chi connectivity index (χ1n) is 7.15. The van der Waals surface area contributed by atoms with Gasteiger partial charge in [0.05, 0.1) is 16.8 Å². The molecule has 112 valence electrons. The van der Waals surface area contributed by atoms with Gasteiger partial charge in [0.15, 0.2) is 0 Å².